The fourth-order valence-corrected chi connectivity index (χ4v) is 5.38. The van der Waals surface area contributed by atoms with Crippen LogP contribution in [0.15, 0.2) is 29.5 Å². The zero-order valence-corrected chi connectivity index (χ0v) is 15.1. The van der Waals surface area contributed by atoms with Crippen LogP contribution >= 0.6 is 11.6 Å². The molecule has 1 amide bonds. The highest BCUT2D eigenvalue weighted by molar-refractivity contribution is 6.32. The molecule has 3 aliphatic carbocycles. The predicted octanol–water partition coefficient (Wildman–Crippen LogP) is 4.03. The van der Waals surface area contributed by atoms with Crippen LogP contribution in [0.3, 0.4) is 0 Å². The number of fused-ring (bicyclic) bond motifs is 4. The van der Waals surface area contributed by atoms with E-state index in [-0.39, 0.29) is 11.4 Å². The molecule has 3 aliphatic rings. The third-order valence-electron chi connectivity index (χ3n) is 6.16. The van der Waals surface area contributed by atoms with Gasteiger partial charge in [-0.15, -0.1) is 0 Å². The maximum atomic E-state index is 13.0. The second-order valence-electron chi connectivity index (χ2n) is 7.31. The highest BCUT2D eigenvalue weighted by atomic mass is 35.5. The molecule has 4 rings (SSSR count). The molecule has 0 spiro atoms. The number of aryl methyl sites for hydroxylation is 1. The lowest BCUT2D eigenvalue weighted by Gasteiger charge is -2.37. The number of rotatable bonds is 4. The zero-order chi connectivity index (χ0) is 16.9. The first-order valence-electron chi connectivity index (χ1n) is 8.98. The van der Waals surface area contributed by atoms with Crippen molar-refractivity contribution in [3.63, 3.8) is 0 Å². The van der Waals surface area contributed by atoms with Gasteiger partial charge in [-0.1, -0.05) is 37.1 Å². The van der Waals surface area contributed by atoms with E-state index in [0.29, 0.717) is 22.6 Å². The average Bonchev–Trinajstić information content (AvgIpc) is 3.18. The van der Waals surface area contributed by atoms with Gasteiger partial charge in [0.25, 0.3) is 5.91 Å². The van der Waals surface area contributed by atoms with Gasteiger partial charge in [0.2, 0.25) is 0 Å². The normalized spacial score (nSPS) is 30.8. The maximum absolute atomic E-state index is 13.0. The van der Waals surface area contributed by atoms with Crippen molar-refractivity contribution >= 4 is 17.5 Å². The summed E-state index contributed by atoms with van der Waals surface area (Å²) >= 11 is 6.24. The molecule has 3 atom stereocenters. The van der Waals surface area contributed by atoms with Crippen LogP contribution in [-0.4, -0.2) is 21.2 Å². The first-order chi connectivity index (χ1) is 11.6. The van der Waals surface area contributed by atoms with Gasteiger partial charge in [-0.25, -0.2) is 0 Å². The van der Waals surface area contributed by atoms with Crippen LogP contribution in [0, 0.1) is 11.8 Å². The Bertz CT molecular complexity index is 748. The SMILES string of the molecule is CCCC1C2CCC1(NC(=O)c1cnn(C)c1Cl)C1=C2C=CCC1. The largest absolute Gasteiger partial charge is 0.342 e. The predicted molar refractivity (Wildman–Crippen MR) is 94.9 cm³/mol. The van der Waals surface area contributed by atoms with Gasteiger partial charge in [-0.05, 0) is 55.1 Å². The lowest BCUT2D eigenvalue weighted by atomic mass is 9.78. The number of carbonyl (C=O) groups is 1. The molecule has 1 fully saturated rings. The van der Waals surface area contributed by atoms with Crippen LogP contribution in [0.1, 0.15) is 55.8 Å². The lowest BCUT2D eigenvalue weighted by Crippen LogP contribution is -2.51. The average molecular weight is 346 g/mol. The molecule has 1 aromatic heterocycles. The summed E-state index contributed by atoms with van der Waals surface area (Å²) in [5, 5.41) is 7.93. The molecule has 5 heteroatoms. The number of nitrogens with one attached hydrogen (secondary N) is 1. The van der Waals surface area contributed by atoms with E-state index < -0.39 is 0 Å². The second kappa shape index (κ2) is 5.76. The van der Waals surface area contributed by atoms with Crippen molar-refractivity contribution in [1.29, 1.82) is 0 Å². The molecular formula is C19H24ClN3O. The Labute approximate surface area is 147 Å². The van der Waals surface area contributed by atoms with E-state index >= 15 is 0 Å². The molecule has 128 valence electrons. The summed E-state index contributed by atoms with van der Waals surface area (Å²) in [7, 11) is 1.75. The standard InChI is InChI=1S/C19H24ClN3O/c1-3-6-15-13-9-10-19(15,16-8-5-4-7-12(13)16)22-18(24)14-11-21-23(2)17(14)20/h4,7,11,13,15H,3,5-6,8-10H2,1-2H3,(H,22,24). The van der Waals surface area contributed by atoms with Gasteiger partial charge in [-0.2, -0.15) is 5.10 Å². The zero-order valence-electron chi connectivity index (χ0n) is 14.3. The molecule has 1 N–H and O–H groups in total. The summed E-state index contributed by atoms with van der Waals surface area (Å²) < 4.78 is 1.54. The van der Waals surface area contributed by atoms with Crippen LogP contribution in [-0.2, 0) is 7.05 Å². The van der Waals surface area contributed by atoms with Gasteiger partial charge < -0.3 is 5.32 Å². The molecule has 0 aromatic carbocycles. The third kappa shape index (κ3) is 2.12. The van der Waals surface area contributed by atoms with Crippen LogP contribution in [0.5, 0.6) is 0 Å². The van der Waals surface area contributed by atoms with Gasteiger partial charge in [0.05, 0.1) is 17.3 Å². The molecule has 3 unspecified atom stereocenters. The Kier molecular flexibility index (Phi) is 3.83. The van der Waals surface area contributed by atoms with E-state index in [4.69, 9.17) is 11.6 Å². The Morgan fingerprint density at radius 3 is 3.08 bits per heavy atom. The van der Waals surface area contributed by atoms with Crippen molar-refractivity contribution in [2.24, 2.45) is 18.9 Å². The number of hydrogen-bond acceptors (Lipinski definition) is 2. The van der Waals surface area contributed by atoms with E-state index in [1.807, 2.05) is 0 Å². The van der Waals surface area contributed by atoms with Gasteiger partial charge in [0, 0.05) is 7.05 Å². The second-order valence-corrected chi connectivity index (χ2v) is 7.67. The summed E-state index contributed by atoms with van der Waals surface area (Å²) in [6, 6.07) is 0. The van der Waals surface area contributed by atoms with Gasteiger partial charge in [0.1, 0.15) is 5.15 Å². The maximum Gasteiger partial charge on any atom is 0.256 e. The monoisotopic (exact) mass is 345 g/mol. The third-order valence-corrected chi connectivity index (χ3v) is 6.61. The smallest absolute Gasteiger partial charge is 0.256 e. The number of amides is 1. The number of nitrogens with zero attached hydrogens (tertiary/aromatic N) is 2. The molecule has 2 bridgehead atoms. The summed E-state index contributed by atoms with van der Waals surface area (Å²) in [5.41, 5.74) is 3.29. The first kappa shape index (κ1) is 15.9. The Morgan fingerprint density at radius 1 is 1.54 bits per heavy atom. The minimum absolute atomic E-state index is 0.0850. The fraction of sp³-hybridized carbons (Fsp3) is 0.579. The topological polar surface area (TPSA) is 46.9 Å². The van der Waals surface area contributed by atoms with E-state index in [2.05, 4.69) is 29.5 Å². The van der Waals surface area contributed by atoms with Crippen LogP contribution < -0.4 is 5.32 Å². The Hall–Kier alpha value is -1.55. The van der Waals surface area contributed by atoms with Crippen molar-refractivity contribution in [1.82, 2.24) is 15.1 Å². The lowest BCUT2D eigenvalue weighted by molar-refractivity contribution is 0.0891. The summed E-state index contributed by atoms with van der Waals surface area (Å²) in [4.78, 5) is 13.0. The first-order valence-corrected chi connectivity index (χ1v) is 9.36. The minimum Gasteiger partial charge on any atom is -0.342 e. The van der Waals surface area contributed by atoms with E-state index in [1.54, 1.807) is 13.2 Å². The van der Waals surface area contributed by atoms with Gasteiger partial charge in [-0.3, -0.25) is 9.48 Å². The van der Waals surface area contributed by atoms with Crippen molar-refractivity contribution in [3.05, 3.63) is 40.2 Å². The molecular weight excluding hydrogens is 322 g/mol. The van der Waals surface area contributed by atoms with Crippen molar-refractivity contribution < 1.29 is 4.79 Å². The Balaban J connectivity index is 1.70. The fourth-order valence-electron chi connectivity index (χ4n) is 5.21. The highest BCUT2D eigenvalue weighted by Gasteiger charge is 2.57. The highest BCUT2D eigenvalue weighted by Crippen LogP contribution is 2.59. The van der Waals surface area contributed by atoms with Gasteiger partial charge in [0.15, 0.2) is 0 Å². The molecule has 0 radical (unpaired) electrons. The van der Waals surface area contributed by atoms with Crippen LogP contribution in [0.4, 0.5) is 0 Å². The van der Waals surface area contributed by atoms with Crippen LogP contribution in [0.2, 0.25) is 5.15 Å². The number of aromatic nitrogens is 2. The molecule has 0 saturated heterocycles. The van der Waals surface area contributed by atoms with E-state index in [9.17, 15) is 4.79 Å². The minimum atomic E-state index is -0.170. The molecule has 1 saturated carbocycles. The summed E-state index contributed by atoms with van der Waals surface area (Å²) in [6.45, 7) is 2.24. The van der Waals surface area contributed by atoms with Crippen molar-refractivity contribution in [2.45, 2.75) is 51.0 Å². The number of halogens is 1. The number of carbonyl (C=O) groups excluding carboxylic acids is 1. The van der Waals surface area contributed by atoms with Crippen LogP contribution in [0.25, 0.3) is 0 Å². The van der Waals surface area contributed by atoms with E-state index in [0.717, 1.165) is 32.1 Å². The molecule has 4 nitrogen and oxygen atoms in total. The van der Waals surface area contributed by atoms with Crippen molar-refractivity contribution in [3.8, 4) is 0 Å². The molecule has 1 aromatic rings. The van der Waals surface area contributed by atoms with E-state index in [1.165, 1.54) is 22.2 Å². The van der Waals surface area contributed by atoms with Crippen molar-refractivity contribution in [2.75, 3.05) is 0 Å². The summed E-state index contributed by atoms with van der Waals surface area (Å²) in [6.07, 6.45) is 12.9. The Morgan fingerprint density at radius 2 is 2.38 bits per heavy atom. The summed E-state index contributed by atoms with van der Waals surface area (Å²) in [5.74, 6) is 1.05. The quantitative estimate of drug-likeness (QED) is 0.895. The number of hydrogen-bond donors (Lipinski definition) is 1. The molecule has 1 heterocycles. The molecule has 0 aliphatic heterocycles. The number of allylic oxidation sites excluding steroid dienone is 3. The molecule has 24 heavy (non-hydrogen) atoms. The van der Waals surface area contributed by atoms with Gasteiger partial charge >= 0.3 is 0 Å².